The molecule has 3 nitrogen and oxygen atoms in total. The van der Waals surface area contributed by atoms with E-state index in [1.807, 2.05) is 12.1 Å². The molecule has 1 aromatic heterocycles. The number of hydrogen-bond donors (Lipinski definition) is 0. The van der Waals surface area contributed by atoms with Gasteiger partial charge in [0.05, 0.1) is 11.4 Å². The third-order valence-electron chi connectivity index (χ3n) is 13.0. The van der Waals surface area contributed by atoms with Gasteiger partial charge in [-0.25, -0.2) is 0 Å². The number of benzene rings is 10. The number of fused-ring (bicyclic) bond motifs is 9. The Kier molecular flexibility index (Phi) is 8.20. The minimum absolute atomic E-state index is 0.249. The predicted octanol–water partition coefficient (Wildman–Crippen LogP) is 16.8. The van der Waals surface area contributed by atoms with Crippen LogP contribution in [0.4, 0.5) is 34.1 Å². The average molecular weight is 795 g/mol. The highest BCUT2D eigenvalue weighted by atomic mass is 16.3. The van der Waals surface area contributed by atoms with Gasteiger partial charge in [-0.05, 0) is 122 Å². The minimum Gasteiger partial charge on any atom is -0.454 e. The van der Waals surface area contributed by atoms with Crippen molar-refractivity contribution in [3.63, 3.8) is 0 Å². The van der Waals surface area contributed by atoms with Crippen molar-refractivity contribution >= 4 is 77.6 Å². The molecule has 0 fully saturated rings. The largest absolute Gasteiger partial charge is 0.454 e. The molecule has 0 N–H and O–H groups in total. The molecule has 0 atom stereocenters. The van der Waals surface area contributed by atoms with Gasteiger partial charge in [0.25, 0.3) is 0 Å². The Morgan fingerprint density at radius 3 is 1.71 bits per heavy atom. The van der Waals surface area contributed by atoms with Crippen LogP contribution in [0.25, 0.3) is 65.7 Å². The highest BCUT2D eigenvalue weighted by Gasteiger charge is 2.38. The summed E-state index contributed by atoms with van der Waals surface area (Å²) < 4.78 is 6.55. The average Bonchev–Trinajstić information content (AvgIpc) is 3.82. The van der Waals surface area contributed by atoms with E-state index < -0.39 is 0 Å². The Morgan fingerprint density at radius 1 is 0.371 bits per heavy atom. The van der Waals surface area contributed by atoms with E-state index in [9.17, 15) is 0 Å². The molecular formula is C59H42N2O. The summed E-state index contributed by atoms with van der Waals surface area (Å²) in [5.41, 5.74) is 15.8. The third kappa shape index (κ3) is 5.66. The molecule has 62 heavy (non-hydrogen) atoms. The zero-order valence-corrected chi connectivity index (χ0v) is 34.6. The smallest absolute Gasteiger partial charge is 0.159 e. The molecule has 1 heterocycles. The number of anilines is 6. The molecule has 10 aromatic carbocycles. The molecule has 0 saturated heterocycles. The van der Waals surface area contributed by atoms with Gasteiger partial charge in [0.2, 0.25) is 0 Å². The van der Waals surface area contributed by atoms with Crippen molar-refractivity contribution < 1.29 is 4.42 Å². The van der Waals surface area contributed by atoms with Crippen LogP contribution in [0.15, 0.2) is 223 Å². The lowest BCUT2D eigenvalue weighted by atomic mass is 9.81. The molecule has 294 valence electrons. The number of hydrogen-bond acceptors (Lipinski definition) is 3. The molecule has 0 radical (unpaired) electrons. The first-order valence-corrected chi connectivity index (χ1v) is 21.4. The number of rotatable bonds is 7. The first-order valence-electron chi connectivity index (χ1n) is 21.4. The Labute approximate surface area is 361 Å². The highest BCUT2D eigenvalue weighted by Crippen LogP contribution is 2.55. The first-order chi connectivity index (χ1) is 30.5. The molecule has 11 aromatic rings. The van der Waals surface area contributed by atoms with Crippen LogP contribution in [0, 0.1) is 0 Å². The molecule has 1 aliphatic rings. The lowest BCUT2D eigenvalue weighted by Gasteiger charge is -2.30. The zero-order valence-electron chi connectivity index (χ0n) is 34.6. The Hall–Kier alpha value is -7.88. The van der Waals surface area contributed by atoms with Crippen LogP contribution >= 0.6 is 0 Å². The van der Waals surface area contributed by atoms with Crippen molar-refractivity contribution in [2.75, 3.05) is 9.80 Å². The van der Waals surface area contributed by atoms with Crippen molar-refractivity contribution in [1.29, 1.82) is 0 Å². The summed E-state index contributed by atoms with van der Waals surface area (Å²) in [5, 5.41) is 7.19. The van der Waals surface area contributed by atoms with Crippen molar-refractivity contribution in [2.24, 2.45) is 0 Å². The van der Waals surface area contributed by atoms with Crippen LogP contribution in [0.2, 0.25) is 0 Å². The normalized spacial score (nSPS) is 12.8. The Balaban J connectivity index is 0.961. The fraction of sp³-hybridized carbons (Fsp3) is 0.0508. The summed E-state index contributed by atoms with van der Waals surface area (Å²) in [6.45, 7) is 4.78. The molecule has 0 saturated carbocycles. The second-order valence-corrected chi connectivity index (χ2v) is 16.9. The third-order valence-corrected chi connectivity index (χ3v) is 13.0. The van der Waals surface area contributed by atoms with Gasteiger partial charge in [-0.3, -0.25) is 0 Å². The van der Waals surface area contributed by atoms with Crippen LogP contribution in [0.3, 0.4) is 0 Å². The van der Waals surface area contributed by atoms with Gasteiger partial charge in [0, 0.05) is 44.3 Å². The molecule has 0 aliphatic heterocycles. The van der Waals surface area contributed by atoms with Crippen LogP contribution in [0.1, 0.15) is 25.0 Å². The van der Waals surface area contributed by atoms with E-state index in [1.54, 1.807) is 0 Å². The summed E-state index contributed by atoms with van der Waals surface area (Å²) in [6.07, 6.45) is 0. The Morgan fingerprint density at radius 2 is 0.952 bits per heavy atom. The van der Waals surface area contributed by atoms with Crippen LogP contribution < -0.4 is 9.80 Å². The highest BCUT2D eigenvalue weighted by molar-refractivity contribution is 6.12. The maximum Gasteiger partial charge on any atom is 0.159 e. The van der Waals surface area contributed by atoms with Crippen molar-refractivity contribution in [3.8, 4) is 22.3 Å². The van der Waals surface area contributed by atoms with Crippen LogP contribution in [0.5, 0.6) is 0 Å². The fourth-order valence-corrected chi connectivity index (χ4v) is 9.96. The fourth-order valence-electron chi connectivity index (χ4n) is 9.96. The summed E-state index contributed by atoms with van der Waals surface area (Å²) in [4.78, 5) is 4.74. The van der Waals surface area contributed by atoms with E-state index in [1.165, 1.54) is 60.6 Å². The SMILES string of the molecule is CC1(C)c2cc(-c3ccc(N(c4ccccc4)c4cccc5c4oc4ccccc45)cc3)ccc2-c2c1cc(N(c1ccccc1)c1ccc3ccccc3c1)c1ccccc21. The topological polar surface area (TPSA) is 19.6 Å². The van der Waals surface area contributed by atoms with Gasteiger partial charge >= 0.3 is 0 Å². The first kappa shape index (κ1) is 36.0. The number of furan rings is 1. The van der Waals surface area contributed by atoms with E-state index in [-0.39, 0.29) is 5.41 Å². The lowest BCUT2D eigenvalue weighted by Crippen LogP contribution is -2.17. The van der Waals surface area contributed by atoms with Crippen molar-refractivity contribution in [2.45, 2.75) is 19.3 Å². The zero-order chi connectivity index (χ0) is 41.4. The summed E-state index contributed by atoms with van der Waals surface area (Å²) in [5.74, 6) is 0. The molecule has 0 unspecified atom stereocenters. The minimum atomic E-state index is -0.249. The predicted molar refractivity (Wildman–Crippen MR) is 261 cm³/mol. The van der Waals surface area contributed by atoms with Crippen molar-refractivity contribution in [1.82, 2.24) is 0 Å². The van der Waals surface area contributed by atoms with E-state index in [4.69, 9.17) is 4.42 Å². The van der Waals surface area contributed by atoms with Crippen LogP contribution in [-0.4, -0.2) is 0 Å². The van der Waals surface area contributed by atoms with Gasteiger partial charge in [-0.2, -0.15) is 0 Å². The standard InChI is InChI=1S/C59H42N2O/c1-59(2)52-37-42(40-28-32-45(33-29-40)60(43-18-5-3-6-19-43)54-26-15-25-50-48-23-13-14-27-56(48)62-58(50)54)31-35-51(52)57-49-24-12-11-22-47(49)55(38-53(57)59)61(44-20-7-4-8-21-44)46-34-30-39-16-9-10-17-41(39)36-46/h3-38H,1-2H3. The van der Waals surface area contributed by atoms with Crippen molar-refractivity contribution in [3.05, 3.63) is 230 Å². The molecule has 0 bridgehead atoms. The van der Waals surface area contributed by atoms with E-state index in [0.717, 1.165) is 50.4 Å². The number of para-hydroxylation sites is 4. The van der Waals surface area contributed by atoms with Gasteiger partial charge in [0.1, 0.15) is 5.58 Å². The molecular weight excluding hydrogens is 753 g/mol. The van der Waals surface area contributed by atoms with Gasteiger partial charge in [-0.1, -0.05) is 159 Å². The Bertz CT molecular complexity index is 3490. The van der Waals surface area contributed by atoms with E-state index >= 15 is 0 Å². The van der Waals surface area contributed by atoms with Crippen LogP contribution in [-0.2, 0) is 5.41 Å². The lowest BCUT2D eigenvalue weighted by molar-refractivity contribution is 0.661. The molecule has 12 rings (SSSR count). The maximum absolute atomic E-state index is 6.55. The van der Waals surface area contributed by atoms with Gasteiger partial charge < -0.3 is 14.2 Å². The second kappa shape index (κ2) is 14.1. The summed E-state index contributed by atoms with van der Waals surface area (Å²) >= 11 is 0. The molecule has 0 spiro atoms. The van der Waals surface area contributed by atoms with Gasteiger partial charge in [0.15, 0.2) is 5.58 Å². The molecule has 0 amide bonds. The maximum atomic E-state index is 6.55. The monoisotopic (exact) mass is 794 g/mol. The summed E-state index contributed by atoms with van der Waals surface area (Å²) in [6, 6.07) is 79.0. The quantitative estimate of drug-likeness (QED) is 0.160. The van der Waals surface area contributed by atoms with E-state index in [0.29, 0.717) is 0 Å². The second-order valence-electron chi connectivity index (χ2n) is 16.9. The summed E-state index contributed by atoms with van der Waals surface area (Å²) in [7, 11) is 0. The molecule has 3 heteroatoms. The number of nitrogens with zero attached hydrogens (tertiary/aromatic N) is 2. The molecule has 1 aliphatic carbocycles. The van der Waals surface area contributed by atoms with Gasteiger partial charge in [-0.15, -0.1) is 0 Å². The van der Waals surface area contributed by atoms with E-state index in [2.05, 4.69) is 230 Å².